The van der Waals surface area contributed by atoms with E-state index in [1.807, 2.05) is 6.20 Å². The van der Waals surface area contributed by atoms with Gasteiger partial charge in [-0.2, -0.15) is 0 Å². The highest BCUT2D eigenvalue weighted by molar-refractivity contribution is 7.15. The molecule has 2 rings (SSSR count). The van der Waals surface area contributed by atoms with Crippen LogP contribution in [0.3, 0.4) is 0 Å². The van der Waals surface area contributed by atoms with Crippen molar-refractivity contribution in [2.75, 3.05) is 19.6 Å². The summed E-state index contributed by atoms with van der Waals surface area (Å²) in [5.41, 5.74) is 0. The fraction of sp³-hybridized carbons (Fsp3) is 0.769. The monoisotopic (exact) mass is 287 g/mol. The molecule has 0 spiro atoms. The molecule has 1 atom stereocenters. The van der Waals surface area contributed by atoms with E-state index in [2.05, 4.69) is 29.0 Å². The molecule has 2 heterocycles. The second-order valence-electron chi connectivity index (χ2n) is 5.32. The molecule has 0 saturated carbocycles. The number of nitrogens with one attached hydrogen (secondary N) is 1. The summed E-state index contributed by atoms with van der Waals surface area (Å²) in [6.45, 7) is 9.01. The summed E-state index contributed by atoms with van der Waals surface area (Å²) in [5.74, 6) is 0.782. The van der Waals surface area contributed by atoms with Gasteiger partial charge in [0.15, 0.2) is 4.47 Å². The van der Waals surface area contributed by atoms with E-state index in [1.54, 1.807) is 11.3 Å². The van der Waals surface area contributed by atoms with Crippen LogP contribution < -0.4 is 5.32 Å². The zero-order valence-electron chi connectivity index (χ0n) is 11.2. The number of halogens is 1. The van der Waals surface area contributed by atoms with Crippen molar-refractivity contribution in [3.63, 3.8) is 0 Å². The van der Waals surface area contributed by atoms with Gasteiger partial charge in [-0.1, -0.05) is 11.6 Å². The van der Waals surface area contributed by atoms with Gasteiger partial charge in [0.2, 0.25) is 0 Å². The third-order valence-corrected chi connectivity index (χ3v) is 4.61. The zero-order chi connectivity index (χ0) is 13.0. The van der Waals surface area contributed by atoms with E-state index in [4.69, 9.17) is 11.6 Å². The standard InChI is InChI=1S/C13H22ClN3S/c1-10(2)17(8-11-4-3-5-15-6-11)9-12-7-16-13(14)18-12/h7,10-11,15H,3-6,8-9H2,1-2H3. The van der Waals surface area contributed by atoms with Gasteiger partial charge in [0.1, 0.15) is 0 Å². The van der Waals surface area contributed by atoms with E-state index >= 15 is 0 Å². The molecule has 1 fully saturated rings. The van der Waals surface area contributed by atoms with E-state index in [0.717, 1.165) is 19.0 Å². The molecule has 1 aromatic heterocycles. The molecule has 0 radical (unpaired) electrons. The van der Waals surface area contributed by atoms with E-state index in [0.29, 0.717) is 10.5 Å². The lowest BCUT2D eigenvalue weighted by Gasteiger charge is -2.32. The number of piperidine rings is 1. The van der Waals surface area contributed by atoms with Gasteiger partial charge in [-0.15, -0.1) is 11.3 Å². The molecule has 5 heteroatoms. The lowest BCUT2D eigenvalue weighted by Crippen LogP contribution is -2.40. The molecule has 0 amide bonds. The average molecular weight is 288 g/mol. The van der Waals surface area contributed by atoms with Gasteiger partial charge >= 0.3 is 0 Å². The van der Waals surface area contributed by atoms with Crippen LogP contribution >= 0.6 is 22.9 Å². The van der Waals surface area contributed by atoms with Crippen molar-refractivity contribution in [1.82, 2.24) is 15.2 Å². The van der Waals surface area contributed by atoms with Gasteiger partial charge in [-0.3, -0.25) is 4.90 Å². The molecule has 0 aromatic carbocycles. The van der Waals surface area contributed by atoms with Crippen LogP contribution in [0.2, 0.25) is 4.47 Å². The summed E-state index contributed by atoms with van der Waals surface area (Å²) in [4.78, 5) is 7.91. The first-order valence-corrected chi connectivity index (χ1v) is 7.89. The number of hydrogen-bond acceptors (Lipinski definition) is 4. The molecular weight excluding hydrogens is 266 g/mol. The molecule has 0 bridgehead atoms. The van der Waals surface area contributed by atoms with Crippen LogP contribution in [0, 0.1) is 5.92 Å². The number of rotatable bonds is 5. The Balaban J connectivity index is 1.90. The minimum atomic E-state index is 0.563. The fourth-order valence-electron chi connectivity index (χ4n) is 2.43. The average Bonchev–Trinajstić information content (AvgIpc) is 2.75. The molecule has 1 saturated heterocycles. The molecule has 3 nitrogen and oxygen atoms in total. The van der Waals surface area contributed by atoms with Gasteiger partial charge in [-0.25, -0.2) is 4.98 Å². The van der Waals surface area contributed by atoms with Crippen LogP contribution in [-0.4, -0.2) is 35.6 Å². The number of aromatic nitrogens is 1. The van der Waals surface area contributed by atoms with Crippen LogP contribution in [0.15, 0.2) is 6.20 Å². The topological polar surface area (TPSA) is 28.2 Å². The van der Waals surface area contributed by atoms with Crippen LogP contribution in [0.5, 0.6) is 0 Å². The molecule has 0 aliphatic carbocycles. The molecule has 18 heavy (non-hydrogen) atoms. The quantitative estimate of drug-likeness (QED) is 0.902. The lowest BCUT2D eigenvalue weighted by atomic mass is 9.98. The maximum atomic E-state index is 5.89. The molecule has 1 aliphatic rings. The number of nitrogens with zero attached hydrogens (tertiary/aromatic N) is 2. The Bertz CT molecular complexity index is 361. The van der Waals surface area contributed by atoms with Crippen molar-refractivity contribution in [3.8, 4) is 0 Å². The largest absolute Gasteiger partial charge is 0.316 e. The van der Waals surface area contributed by atoms with E-state index in [-0.39, 0.29) is 0 Å². The molecule has 1 N–H and O–H groups in total. The predicted molar refractivity (Wildman–Crippen MR) is 78.3 cm³/mol. The second kappa shape index (κ2) is 6.85. The Hall–Kier alpha value is -0.160. The summed E-state index contributed by atoms with van der Waals surface area (Å²) < 4.78 is 0.646. The van der Waals surface area contributed by atoms with Crippen LogP contribution in [-0.2, 0) is 6.54 Å². The Morgan fingerprint density at radius 3 is 3.00 bits per heavy atom. The first kappa shape index (κ1) is 14.3. The molecule has 102 valence electrons. The third kappa shape index (κ3) is 4.19. The van der Waals surface area contributed by atoms with Gasteiger partial charge in [0.25, 0.3) is 0 Å². The Kier molecular flexibility index (Phi) is 5.42. The fourth-order valence-corrected chi connectivity index (χ4v) is 3.43. The summed E-state index contributed by atoms with van der Waals surface area (Å²) in [6.07, 6.45) is 4.56. The predicted octanol–water partition coefficient (Wildman–Crippen LogP) is 3.01. The summed E-state index contributed by atoms with van der Waals surface area (Å²) in [7, 11) is 0. The van der Waals surface area contributed by atoms with E-state index in [9.17, 15) is 0 Å². The van der Waals surface area contributed by atoms with E-state index in [1.165, 1.54) is 30.8 Å². The van der Waals surface area contributed by atoms with Gasteiger partial charge < -0.3 is 5.32 Å². The Morgan fingerprint density at radius 1 is 1.61 bits per heavy atom. The number of hydrogen-bond donors (Lipinski definition) is 1. The maximum Gasteiger partial charge on any atom is 0.183 e. The zero-order valence-corrected chi connectivity index (χ0v) is 12.7. The highest BCUT2D eigenvalue weighted by Gasteiger charge is 2.19. The summed E-state index contributed by atoms with van der Waals surface area (Å²) >= 11 is 7.49. The smallest absolute Gasteiger partial charge is 0.183 e. The molecular formula is C13H22ClN3S. The van der Waals surface area contributed by atoms with Gasteiger partial charge in [-0.05, 0) is 45.7 Å². The third-order valence-electron chi connectivity index (χ3n) is 3.51. The van der Waals surface area contributed by atoms with Crippen molar-refractivity contribution in [2.45, 2.75) is 39.3 Å². The van der Waals surface area contributed by atoms with Crippen LogP contribution in [0.1, 0.15) is 31.6 Å². The highest BCUT2D eigenvalue weighted by atomic mass is 35.5. The van der Waals surface area contributed by atoms with E-state index < -0.39 is 0 Å². The highest BCUT2D eigenvalue weighted by Crippen LogP contribution is 2.22. The van der Waals surface area contributed by atoms with Crippen LogP contribution in [0.25, 0.3) is 0 Å². The minimum Gasteiger partial charge on any atom is -0.316 e. The first-order valence-electron chi connectivity index (χ1n) is 6.70. The number of thiazole rings is 1. The molecule has 1 aromatic rings. The SMILES string of the molecule is CC(C)N(Cc1cnc(Cl)s1)CC1CCCNC1. The summed E-state index contributed by atoms with van der Waals surface area (Å²) in [6, 6.07) is 0.563. The lowest BCUT2D eigenvalue weighted by molar-refractivity contribution is 0.165. The first-order chi connectivity index (χ1) is 8.65. The summed E-state index contributed by atoms with van der Waals surface area (Å²) in [5, 5.41) is 3.49. The Labute approximate surface area is 119 Å². The second-order valence-corrected chi connectivity index (χ2v) is 7.01. The molecule has 1 unspecified atom stereocenters. The van der Waals surface area contributed by atoms with Gasteiger partial charge in [0, 0.05) is 30.2 Å². The van der Waals surface area contributed by atoms with Gasteiger partial charge in [0.05, 0.1) is 0 Å². The normalized spacial score (nSPS) is 20.8. The van der Waals surface area contributed by atoms with Crippen molar-refractivity contribution >= 4 is 22.9 Å². The minimum absolute atomic E-state index is 0.563. The maximum absolute atomic E-state index is 5.89. The van der Waals surface area contributed by atoms with Crippen molar-refractivity contribution in [3.05, 3.63) is 15.5 Å². The van der Waals surface area contributed by atoms with Crippen molar-refractivity contribution in [1.29, 1.82) is 0 Å². The Morgan fingerprint density at radius 2 is 2.44 bits per heavy atom. The van der Waals surface area contributed by atoms with Crippen molar-refractivity contribution in [2.24, 2.45) is 5.92 Å². The van der Waals surface area contributed by atoms with Crippen molar-refractivity contribution < 1.29 is 0 Å². The molecule has 1 aliphatic heterocycles. The van der Waals surface area contributed by atoms with Crippen LogP contribution in [0.4, 0.5) is 0 Å².